The van der Waals surface area contributed by atoms with Crippen molar-refractivity contribution in [2.24, 2.45) is 0 Å². The molecule has 19 heavy (non-hydrogen) atoms. The second-order valence-corrected chi connectivity index (χ2v) is 5.70. The molecular weight excluding hydrogens is 266 g/mol. The summed E-state index contributed by atoms with van der Waals surface area (Å²) < 4.78 is 30.3. The van der Waals surface area contributed by atoms with Crippen LogP contribution in [0, 0.1) is 12.3 Å². The summed E-state index contributed by atoms with van der Waals surface area (Å²) in [5.41, 5.74) is 0.855. The predicted octanol–water partition coefficient (Wildman–Crippen LogP) is 1.61. The number of anilines is 1. The standard InChI is InChI=1S/C13H15NO4S/c1-4-6-19(16,17)14-12-8-10(5-2)7-11(9-12)13(15)18-3/h2,7-9,14H,4,6H2,1,3H3. The van der Waals surface area contributed by atoms with Crippen molar-refractivity contribution < 1.29 is 17.9 Å². The molecule has 5 nitrogen and oxygen atoms in total. The lowest BCUT2D eigenvalue weighted by Crippen LogP contribution is -2.16. The van der Waals surface area contributed by atoms with Crippen LogP contribution in [-0.4, -0.2) is 27.2 Å². The van der Waals surface area contributed by atoms with Crippen LogP contribution in [0.3, 0.4) is 0 Å². The van der Waals surface area contributed by atoms with Crippen LogP contribution in [0.5, 0.6) is 0 Å². The van der Waals surface area contributed by atoms with E-state index in [-0.39, 0.29) is 17.0 Å². The molecule has 0 aliphatic rings. The minimum absolute atomic E-state index is 0.000832. The van der Waals surface area contributed by atoms with E-state index in [0.717, 1.165) is 0 Å². The second-order valence-electron chi connectivity index (χ2n) is 3.86. The highest BCUT2D eigenvalue weighted by molar-refractivity contribution is 7.92. The highest BCUT2D eigenvalue weighted by Crippen LogP contribution is 2.17. The molecule has 0 atom stereocenters. The number of ether oxygens (including phenoxy) is 1. The lowest BCUT2D eigenvalue weighted by molar-refractivity contribution is 0.0600. The van der Waals surface area contributed by atoms with Crippen LogP contribution < -0.4 is 4.72 Å². The average Bonchev–Trinajstić information content (AvgIpc) is 2.36. The topological polar surface area (TPSA) is 72.5 Å². The number of hydrogen-bond donors (Lipinski definition) is 1. The summed E-state index contributed by atoms with van der Waals surface area (Å²) in [5, 5.41) is 0. The molecule has 0 saturated heterocycles. The molecule has 1 N–H and O–H groups in total. The summed E-state index contributed by atoms with van der Waals surface area (Å²) in [6.45, 7) is 1.76. The summed E-state index contributed by atoms with van der Waals surface area (Å²) in [5.74, 6) is 1.79. The lowest BCUT2D eigenvalue weighted by atomic mass is 10.1. The molecule has 102 valence electrons. The molecule has 0 aromatic heterocycles. The van der Waals surface area contributed by atoms with Gasteiger partial charge in [-0.1, -0.05) is 12.8 Å². The predicted molar refractivity (Wildman–Crippen MR) is 73.4 cm³/mol. The number of hydrogen-bond acceptors (Lipinski definition) is 4. The maximum Gasteiger partial charge on any atom is 0.337 e. The highest BCUT2D eigenvalue weighted by atomic mass is 32.2. The van der Waals surface area contributed by atoms with E-state index in [1.165, 1.54) is 25.3 Å². The molecule has 0 spiro atoms. The Morgan fingerprint density at radius 1 is 1.42 bits per heavy atom. The third kappa shape index (κ3) is 4.30. The Morgan fingerprint density at radius 2 is 2.11 bits per heavy atom. The van der Waals surface area contributed by atoms with Crippen molar-refractivity contribution in [3.05, 3.63) is 29.3 Å². The number of sulfonamides is 1. The molecule has 0 radical (unpaired) electrons. The van der Waals surface area contributed by atoms with Crippen molar-refractivity contribution in [1.29, 1.82) is 0 Å². The van der Waals surface area contributed by atoms with Gasteiger partial charge in [0.25, 0.3) is 0 Å². The summed E-state index contributed by atoms with van der Waals surface area (Å²) in [7, 11) is -2.19. The molecule has 0 amide bonds. The quantitative estimate of drug-likeness (QED) is 0.657. The first-order chi connectivity index (χ1) is 8.91. The third-order valence-electron chi connectivity index (χ3n) is 2.27. The van der Waals surface area contributed by atoms with Crippen molar-refractivity contribution in [3.63, 3.8) is 0 Å². The fraction of sp³-hybridized carbons (Fsp3) is 0.308. The van der Waals surface area contributed by atoms with Gasteiger partial charge in [0, 0.05) is 5.56 Å². The molecule has 0 heterocycles. The fourth-order valence-electron chi connectivity index (χ4n) is 1.50. The first-order valence-corrected chi connectivity index (χ1v) is 7.27. The molecule has 0 unspecified atom stereocenters. The molecule has 6 heteroatoms. The second kappa shape index (κ2) is 6.25. The highest BCUT2D eigenvalue weighted by Gasteiger charge is 2.13. The first kappa shape index (κ1) is 15.1. The number of carbonyl (C=O) groups is 1. The molecular formula is C13H15NO4S. The van der Waals surface area contributed by atoms with Gasteiger partial charge in [-0.25, -0.2) is 13.2 Å². The van der Waals surface area contributed by atoms with Gasteiger partial charge in [-0.3, -0.25) is 4.72 Å². The normalized spacial score (nSPS) is 10.6. The van der Waals surface area contributed by atoms with Crippen LogP contribution in [-0.2, 0) is 14.8 Å². The number of terminal acetylenes is 1. The Kier molecular flexibility index (Phi) is 4.95. The van der Waals surface area contributed by atoms with Crippen molar-refractivity contribution in [1.82, 2.24) is 0 Å². The van der Waals surface area contributed by atoms with E-state index in [1.54, 1.807) is 6.92 Å². The van der Waals surface area contributed by atoms with Crippen LogP contribution >= 0.6 is 0 Å². The van der Waals surface area contributed by atoms with E-state index >= 15 is 0 Å². The zero-order valence-electron chi connectivity index (χ0n) is 10.8. The molecule has 0 aliphatic heterocycles. The van der Waals surface area contributed by atoms with E-state index in [2.05, 4.69) is 15.4 Å². The molecule has 0 fully saturated rings. The Bertz CT molecular complexity index is 614. The van der Waals surface area contributed by atoms with Gasteiger partial charge in [-0.15, -0.1) is 6.42 Å². The average molecular weight is 281 g/mol. The molecule has 0 bridgehead atoms. The van der Waals surface area contributed by atoms with Crippen LogP contribution in [0.4, 0.5) is 5.69 Å². The third-order valence-corrected chi connectivity index (χ3v) is 3.76. The van der Waals surface area contributed by atoms with Crippen LogP contribution in [0.25, 0.3) is 0 Å². The van der Waals surface area contributed by atoms with Gasteiger partial charge in [-0.05, 0) is 24.6 Å². The Morgan fingerprint density at radius 3 is 2.63 bits per heavy atom. The number of methoxy groups -OCH3 is 1. The number of rotatable bonds is 5. The van der Waals surface area contributed by atoms with Crippen LogP contribution in [0.15, 0.2) is 18.2 Å². The maximum atomic E-state index is 11.7. The summed E-state index contributed by atoms with van der Waals surface area (Å²) >= 11 is 0. The van der Waals surface area contributed by atoms with Gasteiger partial charge in [-0.2, -0.15) is 0 Å². The van der Waals surface area contributed by atoms with Gasteiger partial charge in [0.15, 0.2) is 0 Å². The van der Waals surface area contributed by atoms with Gasteiger partial charge in [0.2, 0.25) is 10.0 Å². The van der Waals surface area contributed by atoms with E-state index in [0.29, 0.717) is 12.0 Å². The lowest BCUT2D eigenvalue weighted by Gasteiger charge is -2.09. The Balaban J connectivity index is 3.15. The number of nitrogens with one attached hydrogen (secondary N) is 1. The largest absolute Gasteiger partial charge is 0.465 e. The summed E-state index contributed by atoms with van der Waals surface area (Å²) in [6, 6.07) is 4.34. The van der Waals surface area contributed by atoms with Crippen molar-refractivity contribution in [2.75, 3.05) is 17.6 Å². The minimum atomic E-state index is -3.43. The number of esters is 1. The van der Waals surface area contributed by atoms with E-state index in [4.69, 9.17) is 6.42 Å². The van der Waals surface area contributed by atoms with E-state index < -0.39 is 16.0 Å². The molecule has 1 aromatic rings. The summed E-state index contributed by atoms with van der Waals surface area (Å²) in [4.78, 5) is 11.5. The van der Waals surface area contributed by atoms with E-state index in [1.807, 2.05) is 0 Å². The van der Waals surface area contributed by atoms with Crippen molar-refractivity contribution in [2.45, 2.75) is 13.3 Å². The molecule has 1 rings (SSSR count). The molecule has 0 saturated carbocycles. The zero-order chi connectivity index (χ0) is 14.5. The molecule has 1 aromatic carbocycles. The number of benzene rings is 1. The Hall–Kier alpha value is -2.00. The monoisotopic (exact) mass is 281 g/mol. The SMILES string of the molecule is C#Cc1cc(NS(=O)(=O)CCC)cc(C(=O)OC)c1. The van der Waals surface area contributed by atoms with Crippen molar-refractivity contribution >= 4 is 21.7 Å². The van der Waals surface area contributed by atoms with E-state index in [9.17, 15) is 13.2 Å². The van der Waals surface area contributed by atoms with Crippen LogP contribution in [0.1, 0.15) is 29.3 Å². The summed E-state index contributed by atoms with van der Waals surface area (Å²) in [6.07, 6.45) is 5.77. The molecule has 0 aliphatic carbocycles. The fourth-order valence-corrected chi connectivity index (χ4v) is 2.62. The smallest absolute Gasteiger partial charge is 0.337 e. The Labute approximate surface area is 113 Å². The van der Waals surface area contributed by atoms with Gasteiger partial charge < -0.3 is 4.74 Å². The van der Waals surface area contributed by atoms with Crippen LogP contribution in [0.2, 0.25) is 0 Å². The zero-order valence-corrected chi connectivity index (χ0v) is 11.6. The number of carbonyl (C=O) groups excluding carboxylic acids is 1. The minimum Gasteiger partial charge on any atom is -0.465 e. The van der Waals surface area contributed by atoms with Gasteiger partial charge in [0.1, 0.15) is 0 Å². The van der Waals surface area contributed by atoms with Gasteiger partial charge in [0.05, 0.1) is 24.1 Å². The first-order valence-electron chi connectivity index (χ1n) is 5.62. The maximum absolute atomic E-state index is 11.7. The van der Waals surface area contributed by atoms with Crippen molar-refractivity contribution in [3.8, 4) is 12.3 Å². The van der Waals surface area contributed by atoms with Gasteiger partial charge >= 0.3 is 5.97 Å².